The summed E-state index contributed by atoms with van der Waals surface area (Å²) in [6, 6.07) is 20.0. The second kappa shape index (κ2) is 11.3. The number of benzene rings is 2. The summed E-state index contributed by atoms with van der Waals surface area (Å²) >= 11 is 0. The molecular weight excluding hydrogens is 516 g/mol. The average Bonchev–Trinajstić information content (AvgIpc) is 3.31. The van der Waals surface area contributed by atoms with Gasteiger partial charge in [-0.2, -0.15) is 0 Å². The van der Waals surface area contributed by atoms with Gasteiger partial charge in [-0.3, -0.25) is 4.90 Å². The monoisotopic (exact) mass is 552 g/mol. The van der Waals surface area contributed by atoms with Crippen molar-refractivity contribution >= 4 is 17.0 Å². The molecule has 4 aromatic rings. The van der Waals surface area contributed by atoms with Crippen LogP contribution in [0.3, 0.4) is 0 Å². The van der Waals surface area contributed by atoms with E-state index in [2.05, 4.69) is 45.9 Å². The summed E-state index contributed by atoms with van der Waals surface area (Å²) in [5.74, 6) is 1.17. The normalized spacial score (nSPS) is 21.4. The smallest absolute Gasteiger partial charge is 0.335 e. The number of nitrogens with zero attached hydrogens (tertiary/aromatic N) is 4. The molecule has 0 amide bonds. The number of pyridine rings is 1. The summed E-state index contributed by atoms with van der Waals surface area (Å²) in [5.41, 5.74) is 5.79. The predicted octanol–water partition coefficient (Wildman–Crippen LogP) is 5.75. The zero-order valence-corrected chi connectivity index (χ0v) is 23.2. The summed E-state index contributed by atoms with van der Waals surface area (Å²) in [5, 5.41) is 9.52. The van der Waals surface area contributed by atoms with Gasteiger partial charge in [0, 0.05) is 24.3 Å². The lowest BCUT2D eigenvalue weighted by molar-refractivity contribution is -0.0592. The van der Waals surface area contributed by atoms with Crippen molar-refractivity contribution in [3.05, 3.63) is 88.9 Å². The van der Waals surface area contributed by atoms with Crippen molar-refractivity contribution in [3.63, 3.8) is 0 Å². The second-order valence-corrected chi connectivity index (χ2v) is 11.6. The molecular formula is C33H36N4O4. The Balaban J connectivity index is 1.03. The Bertz CT molecular complexity index is 1550. The molecule has 2 atom stereocenters. The standard InChI is InChI=1S/C33H36N4O4/c38-33(39)24-11-12-28-29(19-24)37(20-25-15-18-40-25)31(34-28)21-36-16-13-23(14-17-36)27-8-4-10-32(35-27)41-30-9-3-6-22-5-1-2-7-26(22)30/h1-2,4-5,7-8,10-12,19,23,25,30H,3,6,9,13-18,20-21H2,(H,38,39)/t25-,30?/m0/s1. The molecule has 1 N–H and O–H groups in total. The molecule has 8 heteroatoms. The highest BCUT2D eigenvalue weighted by atomic mass is 16.5. The van der Waals surface area contributed by atoms with E-state index in [4.69, 9.17) is 19.4 Å². The first-order valence-corrected chi connectivity index (χ1v) is 14.9. The van der Waals surface area contributed by atoms with Crippen LogP contribution in [-0.2, 0) is 24.2 Å². The van der Waals surface area contributed by atoms with Crippen molar-refractivity contribution in [2.45, 2.75) is 69.7 Å². The third-order valence-electron chi connectivity index (χ3n) is 8.95. The molecule has 212 valence electrons. The van der Waals surface area contributed by atoms with Crippen LogP contribution in [0.2, 0.25) is 0 Å². The minimum atomic E-state index is -0.921. The van der Waals surface area contributed by atoms with Crippen LogP contribution < -0.4 is 4.74 Å². The van der Waals surface area contributed by atoms with Crippen molar-refractivity contribution < 1.29 is 19.4 Å². The fourth-order valence-corrected chi connectivity index (χ4v) is 6.55. The number of fused-ring (bicyclic) bond motifs is 2. The van der Waals surface area contributed by atoms with Gasteiger partial charge in [-0.15, -0.1) is 0 Å². The van der Waals surface area contributed by atoms with Crippen LogP contribution in [0.25, 0.3) is 11.0 Å². The summed E-state index contributed by atoms with van der Waals surface area (Å²) in [6.07, 6.45) is 6.59. The quantitative estimate of drug-likeness (QED) is 0.298. The number of rotatable bonds is 8. The van der Waals surface area contributed by atoms with E-state index in [0.717, 1.165) is 93.2 Å². The topological polar surface area (TPSA) is 89.7 Å². The van der Waals surface area contributed by atoms with Crippen LogP contribution in [-0.4, -0.2) is 56.3 Å². The Morgan fingerprint density at radius 2 is 1.85 bits per heavy atom. The number of aromatic carboxylic acids is 1. The van der Waals surface area contributed by atoms with Crippen LogP contribution in [0.1, 0.15) is 77.1 Å². The minimum absolute atomic E-state index is 0.0701. The second-order valence-electron chi connectivity index (χ2n) is 11.6. The number of hydrogen-bond acceptors (Lipinski definition) is 6. The number of ether oxygens (including phenoxy) is 2. The van der Waals surface area contributed by atoms with Gasteiger partial charge in [0.2, 0.25) is 5.88 Å². The molecule has 1 unspecified atom stereocenters. The van der Waals surface area contributed by atoms with Crippen LogP contribution in [0.5, 0.6) is 5.88 Å². The van der Waals surface area contributed by atoms with Crippen molar-refractivity contribution in [2.75, 3.05) is 19.7 Å². The van der Waals surface area contributed by atoms with Gasteiger partial charge < -0.3 is 19.1 Å². The largest absolute Gasteiger partial charge is 0.478 e. The van der Waals surface area contributed by atoms with Gasteiger partial charge in [-0.05, 0) is 87.0 Å². The highest BCUT2D eigenvalue weighted by molar-refractivity contribution is 5.92. The lowest BCUT2D eigenvalue weighted by atomic mass is 9.89. The molecule has 8 nitrogen and oxygen atoms in total. The maximum Gasteiger partial charge on any atom is 0.335 e. The zero-order valence-electron chi connectivity index (χ0n) is 23.2. The number of imidazole rings is 1. The first kappa shape index (κ1) is 26.2. The molecule has 0 bridgehead atoms. The molecule has 2 aromatic heterocycles. The van der Waals surface area contributed by atoms with Crippen molar-refractivity contribution in [1.82, 2.24) is 19.4 Å². The Hall–Kier alpha value is -3.75. The van der Waals surface area contributed by atoms with Gasteiger partial charge in [0.15, 0.2) is 0 Å². The number of hydrogen-bond donors (Lipinski definition) is 1. The highest BCUT2D eigenvalue weighted by Gasteiger charge is 2.27. The van der Waals surface area contributed by atoms with Gasteiger partial charge in [-0.25, -0.2) is 14.8 Å². The molecule has 7 rings (SSSR count). The van der Waals surface area contributed by atoms with Gasteiger partial charge in [0.05, 0.1) is 35.8 Å². The lowest BCUT2D eigenvalue weighted by Crippen LogP contribution is -2.35. The van der Waals surface area contributed by atoms with E-state index in [-0.39, 0.29) is 17.8 Å². The number of carbonyl (C=O) groups is 1. The molecule has 41 heavy (non-hydrogen) atoms. The van der Waals surface area contributed by atoms with Gasteiger partial charge in [0.25, 0.3) is 0 Å². The molecule has 2 aliphatic heterocycles. The fraction of sp³-hybridized carbons (Fsp3) is 0.424. The number of likely N-dealkylation sites (tertiary alicyclic amines) is 1. The van der Waals surface area contributed by atoms with Gasteiger partial charge in [0.1, 0.15) is 11.9 Å². The molecule has 2 aromatic carbocycles. The van der Waals surface area contributed by atoms with E-state index in [1.165, 1.54) is 11.1 Å². The Morgan fingerprint density at radius 3 is 2.66 bits per heavy atom. The van der Waals surface area contributed by atoms with E-state index in [9.17, 15) is 9.90 Å². The molecule has 2 fully saturated rings. The number of aryl methyl sites for hydroxylation is 1. The van der Waals surface area contributed by atoms with Crippen LogP contribution in [0, 0.1) is 0 Å². The van der Waals surface area contributed by atoms with E-state index < -0.39 is 5.97 Å². The molecule has 2 saturated heterocycles. The van der Waals surface area contributed by atoms with Crippen molar-refractivity contribution in [2.24, 2.45) is 0 Å². The highest BCUT2D eigenvalue weighted by Crippen LogP contribution is 2.34. The van der Waals surface area contributed by atoms with Crippen molar-refractivity contribution in [3.8, 4) is 5.88 Å². The number of aromatic nitrogens is 3. The Labute approximate surface area is 239 Å². The average molecular weight is 553 g/mol. The van der Waals surface area contributed by atoms with Crippen LogP contribution in [0.15, 0.2) is 60.7 Å². The van der Waals surface area contributed by atoms with E-state index in [1.54, 1.807) is 12.1 Å². The number of carboxylic acids is 1. The molecule has 0 radical (unpaired) electrons. The summed E-state index contributed by atoms with van der Waals surface area (Å²) in [7, 11) is 0. The van der Waals surface area contributed by atoms with E-state index >= 15 is 0 Å². The predicted molar refractivity (Wildman–Crippen MR) is 155 cm³/mol. The third-order valence-corrected chi connectivity index (χ3v) is 8.95. The fourth-order valence-electron chi connectivity index (χ4n) is 6.55. The molecule has 0 spiro atoms. The Kier molecular flexibility index (Phi) is 7.19. The van der Waals surface area contributed by atoms with Crippen LogP contribution >= 0.6 is 0 Å². The molecule has 0 saturated carbocycles. The first-order valence-electron chi connectivity index (χ1n) is 14.9. The number of piperidine rings is 1. The maximum atomic E-state index is 11.6. The summed E-state index contributed by atoms with van der Waals surface area (Å²) in [4.78, 5) is 24.0. The van der Waals surface area contributed by atoms with E-state index in [1.807, 2.05) is 12.1 Å². The van der Waals surface area contributed by atoms with Crippen LogP contribution in [0.4, 0.5) is 0 Å². The summed E-state index contributed by atoms with van der Waals surface area (Å²) in [6.45, 7) is 4.13. The Morgan fingerprint density at radius 1 is 1.00 bits per heavy atom. The third kappa shape index (κ3) is 5.46. The molecule has 4 heterocycles. The van der Waals surface area contributed by atoms with Gasteiger partial charge >= 0.3 is 5.97 Å². The maximum absolute atomic E-state index is 11.6. The minimum Gasteiger partial charge on any atom is -0.478 e. The summed E-state index contributed by atoms with van der Waals surface area (Å²) < 4.78 is 14.3. The molecule has 3 aliphatic rings. The lowest BCUT2D eigenvalue weighted by Gasteiger charge is -2.32. The molecule has 1 aliphatic carbocycles. The van der Waals surface area contributed by atoms with Crippen molar-refractivity contribution in [1.29, 1.82) is 0 Å². The van der Waals surface area contributed by atoms with Gasteiger partial charge in [-0.1, -0.05) is 30.3 Å². The number of carboxylic acid groups (broad SMARTS) is 1. The zero-order chi connectivity index (χ0) is 27.8. The first-order chi connectivity index (χ1) is 20.1. The van der Waals surface area contributed by atoms with E-state index in [0.29, 0.717) is 12.5 Å². The SMILES string of the molecule is O=C(O)c1ccc2nc(CN3CCC(c4cccc(OC5CCCc6ccccc65)n4)CC3)n(C[C@@H]3CCO3)c2c1.